The first-order valence-electron chi connectivity index (χ1n) is 9.13. The number of carbonyl (C=O) groups excluding carboxylic acids is 1. The lowest BCUT2D eigenvalue weighted by Crippen LogP contribution is -2.15. The first-order valence-corrected chi connectivity index (χ1v) is 9.13. The minimum atomic E-state index is -0.301. The highest BCUT2D eigenvalue weighted by Crippen LogP contribution is 2.29. The number of pyridine rings is 2. The first kappa shape index (κ1) is 18.2. The fourth-order valence-corrected chi connectivity index (χ4v) is 3.40. The zero-order valence-electron chi connectivity index (χ0n) is 15.8. The van der Waals surface area contributed by atoms with Gasteiger partial charge in [0.1, 0.15) is 11.4 Å². The molecule has 0 unspecified atom stereocenters. The molecule has 146 valence electrons. The van der Waals surface area contributed by atoms with Crippen molar-refractivity contribution in [3.63, 3.8) is 0 Å². The van der Waals surface area contributed by atoms with E-state index in [1.807, 2.05) is 10.6 Å². The summed E-state index contributed by atoms with van der Waals surface area (Å²) in [5, 5.41) is 2.85. The van der Waals surface area contributed by atoms with Gasteiger partial charge in [0, 0.05) is 43.8 Å². The van der Waals surface area contributed by atoms with E-state index in [0.717, 1.165) is 37.4 Å². The molecule has 1 amide bonds. The molecule has 8 heteroatoms. The van der Waals surface area contributed by atoms with Crippen molar-refractivity contribution in [1.82, 2.24) is 14.4 Å². The van der Waals surface area contributed by atoms with E-state index in [-0.39, 0.29) is 5.91 Å². The highest BCUT2D eigenvalue weighted by Gasteiger charge is 2.21. The molecule has 0 aliphatic carbocycles. The average molecular weight is 382 g/mol. The van der Waals surface area contributed by atoms with Crippen LogP contribution >= 0.6 is 0 Å². The standard InChI is InChI=1S/C20H22N4O4/c1-26-17-9-19-22-16(13-4-7-28-8-5-13)12-24(19)11-14(17)20(25)23-15-3-6-21-10-18(15)27-2/h3,6,9-13H,4-5,7-8H2,1-2H3,(H,21,23,25). The predicted molar refractivity (Wildman–Crippen MR) is 103 cm³/mol. The van der Waals surface area contributed by atoms with Gasteiger partial charge in [0.2, 0.25) is 0 Å². The fourth-order valence-electron chi connectivity index (χ4n) is 3.40. The lowest BCUT2D eigenvalue weighted by molar-refractivity contribution is 0.0846. The van der Waals surface area contributed by atoms with Gasteiger partial charge in [0.25, 0.3) is 5.91 Å². The molecule has 3 aromatic rings. The highest BCUT2D eigenvalue weighted by atomic mass is 16.5. The summed E-state index contributed by atoms with van der Waals surface area (Å²) in [5.74, 6) is 1.02. The number of hydrogen-bond acceptors (Lipinski definition) is 6. The molecule has 0 bridgehead atoms. The number of anilines is 1. The predicted octanol–water partition coefficient (Wildman–Crippen LogP) is 2.89. The van der Waals surface area contributed by atoms with Gasteiger partial charge in [-0.15, -0.1) is 0 Å². The second-order valence-electron chi connectivity index (χ2n) is 6.60. The lowest BCUT2D eigenvalue weighted by Gasteiger charge is -2.19. The summed E-state index contributed by atoms with van der Waals surface area (Å²) >= 11 is 0. The Morgan fingerprint density at radius 2 is 2.00 bits per heavy atom. The Morgan fingerprint density at radius 3 is 2.75 bits per heavy atom. The van der Waals surface area contributed by atoms with E-state index in [1.165, 1.54) is 14.2 Å². The van der Waals surface area contributed by atoms with Crippen molar-refractivity contribution in [2.24, 2.45) is 0 Å². The number of nitrogens with zero attached hydrogens (tertiary/aromatic N) is 3. The first-order chi connectivity index (χ1) is 13.7. The molecule has 1 aliphatic heterocycles. The SMILES string of the molecule is COc1cnccc1NC(=O)c1cn2cc(C3CCOCC3)nc2cc1OC. The van der Waals surface area contributed by atoms with E-state index in [9.17, 15) is 4.79 Å². The van der Waals surface area contributed by atoms with Gasteiger partial charge in [-0.05, 0) is 18.9 Å². The monoisotopic (exact) mass is 382 g/mol. The second-order valence-corrected chi connectivity index (χ2v) is 6.60. The van der Waals surface area contributed by atoms with E-state index in [2.05, 4.69) is 10.3 Å². The third-order valence-electron chi connectivity index (χ3n) is 4.93. The van der Waals surface area contributed by atoms with Gasteiger partial charge >= 0.3 is 0 Å². The third kappa shape index (κ3) is 3.50. The number of amides is 1. The molecule has 0 saturated carbocycles. The molecule has 28 heavy (non-hydrogen) atoms. The molecular formula is C20H22N4O4. The van der Waals surface area contributed by atoms with Crippen LogP contribution in [-0.2, 0) is 4.74 Å². The summed E-state index contributed by atoms with van der Waals surface area (Å²) in [5.41, 5.74) is 2.71. The minimum Gasteiger partial charge on any atom is -0.496 e. The molecule has 1 aliphatic rings. The smallest absolute Gasteiger partial charge is 0.261 e. The molecule has 3 aromatic heterocycles. The summed E-state index contributed by atoms with van der Waals surface area (Å²) in [6.07, 6.45) is 8.77. The van der Waals surface area contributed by atoms with Crippen molar-refractivity contribution in [1.29, 1.82) is 0 Å². The summed E-state index contributed by atoms with van der Waals surface area (Å²) in [6.45, 7) is 1.51. The zero-order valence-corrected chi connectivity index (χ0v) is 15.8. The van der Waals surface area contributed by atoms with Gasteiger partial charge in [-0.2, -0.15) is 0 Å². The largest absolute Gasteiger partial charge is 0.496 e. The Kier molecular flexibility index (Phi) is 5.12. The van der Waals surface area contributed by atoms with Crippen molar-refractivity contribution in [2.45, 2.75) is 18.8 Å². The number of aromatic nitrogens is 3. The molecule has 1 N–H and O–H groups in total. The van der Waals surface area contributed by atoms with E-state index in [0.29, 0.717) is 28.7 Å². The van der Waals surface area contributed by atoms with Crippen LogP contribution in [0.5, 0.6) is 11.5 Å². The second kappa shape index (κ2) is 7.85. The van der Waals surface area contributed by atoms with Gasteiger partial charge in [0.05, 0.1) is 37.4 Å². The third-order valence-corrected chi connectivity index (χ3v) is 4.93. The maximum absolute atomic E-state index is 12.9. The summed E-state index contributed by atoms with van der Waals surface area (Å²) < 4.78 is 18.0. The number of carbonyl (C=O) groups is 1. The summed E-state index contributed by atoms with van der Waals surface area (Å²) in [6, 6.07) is 3.46. The van der Waals surface area contributed by atoms with Gasteiger partial charge in [0.15, 0.2) is 5.75 Å². The van der Waals surface area contributed by atoms with Crippen molar-refractivity contribution < 1.29 is 19.0 Å². The summed E-state index contributed by atoms with van der Waals surface area (Å²) in [4.78, 5) is 21.6. The Morgan fingerprint density at radius 1 is 1.21 bits per heavy atom. The highest BCUT2D eigenvalue weighted by molar-refractivity contribution is 6.06. The number of ether oxygens (including phenoxy) is 3. The molecular weight excluding hydrogens is 360 g/mol. The van der Waals surface area contributed by atoms with Crippen LogP contribution in [0, 0.1) is 0 Å². The summed E-state index contributed by atoms with van der Waals surface area (Å²) in [7, 11) is 3.07. The van der Waals surface area contributed by atoms with Crippen molar-refractivity contribution in [2.75, 3.05) is 32.8 Å². The molecule has 8 nitrogen and oxygen atoms in total. The minimum absolute atomic E-state index is 0.301. The molecule has 0 radical (unpaired) electrons. The van der Waals surface area contributed by atoms with E-state index < -0.39 is 0 Å². The number of methoxy groups -OCH3 is 2. The Balaban J connectivity index is 1.66. The van der Waals surface area contributed by atoms with Crippen LogP contribution < -0.4 is 14.8 Å². The maximum Gasteiger partial charge on any atom is 0.261 e. The number of imidazole rings is 1. The van der Waals surface area contributed by atoms with Crippen LogP contribution in [0.15, 0.2) is 36.9 Å². The van der Waals surface area contributed by atoms with E-state index in [1.54, 1.807) is 30.7 Å². The molecule has 4 heterocycles. The number of nitrogens with one attached hydrogen (secondary N) is 1. The quantitative estimate of drug-likeness (QED) is 0.730. The van der Waals surface area contributed by atoms with Crippen LogP contribution in [0.25, 0.3) is 5.65 Å². The van der Waals surface area contributed by atoms with Crippen molar-refractivity contribution in [3.05, 3.63) is 48.2 Å². The van der Waals surface area contributed by atoms with Crippen LogP contribution in [0.2, 0.25) is 0 Å². The van der Waals surface area contributed by atoms with Crippen molar-refractivity contribution in [3.8, 4) is 11.5 Å². The van der Waals surface area contributed by atoms with Crippen LogP contribution in [0.3, 0.4) is 0 Å². The van der Waals surface area contributed by atoms with E-state index >= 15 is 0 Å². The van der Waals surface area contributed by atoms with Crippen molar-refractivity contribution >= 4 is 17.2 Å². The average Bonchev–Trinajstić information content (AvgIpc) is 3.17. The molecule has 0 spiro atoms. The van der Waals surface area contributed by atoms with Crippen LogP contribution in [0.1, 0.15) is 34.8 Å². The molecule has 1 saturated heterocycles. The molecule has 0 aromatic carbocycles. The number of rotatable bonds is 5. The Hall–Kier alpha value is -3.13. The molecule has 4 rings (SSSR count). The van der Waals surface area contributed by atoms with Gasteiger partial charge in [-0.3, -0.25) is 9.78 Å². The van der Waals surface area contributed by atoms with Crippen LogP contribution in [0.4, 0.5) is 5.69 Å². The molecule has 0 atom stereocenters. The van der Waals surface area contributed by atoms with Gasteiger partial charge in [-0.1, -0.05) is 0 Å². The number of fused-ring (bicyclic) bond motifs is 1. The number of hydrogen-bond donors (Lipinski definition) is 1. The van der Waals surface area contributed by atoms with Crippen LogP contribution in [-0.4, -0.2) is 47.7 Å². The molecule has 1 fully saturated rings. The normalized spacial score (nSPS) is 14.8. The maximum atomic E-state index is 12.9. The Bertz CT molecular complexity index is 995. The lowest BCUT2D eigenvalue weighted by atomic mass is 9.97. The topological polar surface area (TPSA) is 87.0 Å². The Labute approximate surface area is 162 Å². The van der Waals surface area contributed by atoms with Gasteiger partial charge < -0.3 is 23.9 Å². The fraction of sp³-hybridized carbons (Fsp3) is 0.350. The van der Waals surface area contributed by atoms with E-state index in [4.69, 9.17) is 19.2 Å². The zero-order chi connectivity index (χ0) is 19.5. The van der Waals surface area contributed by atoms with Gasteiger partial charge in [-0.25, -0.2) is 4.98 Å².